The molecule has 1 aliphatic heterocycles. The molecule has 0 amide bonds. The number of thioether (sulfide) groups is 1. The van der Waals surface area contributed by atoms with Crippen LogP contribution in [0.25, 0.3) is 11.1 Å². The van der Waals surface area contributed by atoms with Gasteiger partial charge < -0.3 is 9.47 Å². The van der Waals surface area contributed by atoms with E-state index in [4.69, 9.17) is 9.47 Å². The van der Waals surface area contributed by atoms with Gasteiger partial charge in [0.15, 0.2) is 11.5 Å². The molecule has 0 saturated carbocycles. The van der Waals surface area contributed by atoms with Gasteiger partial charge in [0, 0.05) is 46.0 Å². The highest BCUT2D eigenvalue weighted by atomic mass is 32.2. The van der Waals surface area contributed by atoms with E-state index in [1.54, 1.807) is 56.9 Å². The normalized spacial score (nSPS) is 17.2. The van der Waals surface area contributed by atoms with Crippen molar-refractivity contribution in [2.24, 2.45) is 4.99 Å². The van der Waals surface area contributed by atoms with Crippen LogP contribution in [0.3, 0.4) is 0 Å². The third-order valence-corrected chi connectivity index (χ3v) is 6.48. The fourth-order valence-corrected chi connectivity index (χ4v) is 4.78. The first-order valence-corrected chi connectivity index (χ1v) is 11.2. The van der Waals surface area contributed by atoms with Crippen molar-refractivity contribution in [3.8, 4) is 34.5 Å². The Hall–Kier alpha value is -3.37. The first-order chi connectivity index (χ1) is 16.0. The Morgan fingerprint density at radius 2 is 1.82 bits per heavy atom. The lowest BCUT2D eigenvalue weighted by Crippen LogP contribution is -2.10. The van der Waals surface area contributed by atoms with Crippen LogP contribution in [0, 0.1) is 23.5 Å². The highest BCUT2D eigenvalue weighted by Crippen LogP contribution is 2.44. The van der Waals surface area contributed by atoms with Crippen molar-refractivity contribution in [3.05, 3.63) is 77.1 Å². The summed E-state index contributed by atoms with van der Waals surface area (Å²) in [6, 6.07) is 9.50. The maximum atomic E-state index is 14.9. The zero-order valence-corrected chi connectivity index (χ0v) is 19.2. The average Bonchev–Trinajstić information content (AvgIpc) is 2.84. The highest BCUT2D eigenvalue weighted by molar-refractivity contribution is 8.12. The molecule has 0 bridgehead atoms. The fourth-order valence-electron chi connectivity index (χ4n) is 3.82. The van der Waals surface area contributed by atoms with Crippen molar-refractivity contribution in [3.63, 3.8) is 0 Å². The highest BCUT2D eigenvalue weighted by Gasteiger charge is 2.27. The van der Waals surface area contributed by atoms with E-state index in [9.17, 15) is 8.78 Å². The van der Waals surface area contributed by atoms with E-state index in [2.05, 4.69) is 21.8 Å². The second-order valence-corrected chi connectivity index (χ2v) is 8.49. The van der Waals surface area contributed by atoms with E-state index < -0.39 is 17.7 Å². The van der Waals surface area contributed by atoms with Crippen molar-refractivity contribution in [1.82, 2.24) is 4.98 Å². The second-order valence-electron chi connectivity index (χ2n) is 7.44. The first kappa shape index (κ1) is 22.8. The number of rotatable bonds is 5. The minimum atomic E-state index is -0.648. The summed E-state index contributed by atoms with van der Waals surface area (Å²) in [6.07, 6.45) is 3.71. The van der Waals surface area contributed by atoms with Gasteiger partial charge in [0.25, 0.3) is 0 Å². The van der Waals surface area contributed by atoms with Crippen molar-refractivity contribution in [1.29, 1.82) is 0 Å². The fraction of sp³-hybridized carbons (Fsp3) is 0.231. The summed E-state index contributed by atoms with van der Waals surface area (Å²) in [4.78, 5) is 8.66. The van der Waals surface area contributed by atoms with Gasteiger partial charge in [0.05, 0.1) is 25.8 Å². The molecular weight excluding hydrogens is 442 g/mol. The van der Waals surface area contributed by atoms with Gasteiger partial charge in [-0.1, -0.05) is 12.0 Å². The largest absolute Gasteiger partial charge is 0.493 e. The predicted octanol–water partition coefficient (Wildman–Crippen LogP) is 6.36. The van der Waals surface area contributed by atoms with Gasteiger partial charge >= 0.3 is 0 Å². The minimum absolute atomic E-state index is 0.0324. The summed E-state index contributed by atoms with van der Waals surface area (Å²) in [5, 5.41) is 0.0324. The van der Waals surface area contributed by atoms with Crippen LogP contribution in [0.15, 0.2) is 53.8 Å². The standard InChI is InChI=1S/C26H22F2N2O2S/c1-4-5-16-8-18(14-29-13-16)19-10-20(22(28)11-21(19)27)23-12-26(33-15-30-23)17-6-7-24(31-2)25(9-17)32-3/h6-11,13-15,23,26H,12H2,1-3H3. The summed E-state index contributed by atoms with van der Waals surface area (Å²) >= 11 is 1.55. The number of aliphatic imine (C=N–C) groups is 1. The molecule has 0 fully saturated rings. The molecule has 2 heterocycles. The molecule has 0 spiro atoms. The van der Waals surface area contributed by atoms with Crippen LogP contribution >= 0.6 is 11.8 Å². The average molecular weight is 465 g/mol. The molecule has 4 nitrogen and oxygen atoms in total. The Morgan fingerprint density at radius 1 is 1.00 bits per heavy atom. The van der Waals surface area contributed by atoms with E-state index in [1.165, 1.54) is 6.07 Å². The molecule has 1 aromatic heterocycles. The summed E-state index contributed by atoms with van der Waals surface area (Å²) in [7, 11) is 3.18. The number of hydrogen-bond acceptors (Lipinski definition) is 5. The van der Waals surface area contributed by atoms with E-state index in [1.807, 2.05) is 18.2 Å². The Labute approximate surface area is 196 Å². The number of nitrogens with zero attached hydrogens (tertiary/aromatic N) is 2. The molecular formula is C26H22F2N2O2S. The molecule has 7 heteroatoms. The third-order valence-electron chi connectivity index (χ3n) is 5.45. The summed E-state index contributed by atoms with van der Waals surface area (Å²) in [5.41, 5.74) is 4.58. The van der Waals surface area contributed by atoms with E-state index in [0.29, 0.717) is 34.6 Å². The SMILES string of the molecule is CC#Cc1cncc(-c2cc(C3CC(c4ccc(OC)c(OC)c4)SC=N3)c(F)cc2F)c1. The number of halogens is 2. The van der Waals surface area contributed by atoms with Crippen LogP contribution in [0.2, 0.25) is 0 Å². The van der Waals surface area contributed by atoms with Crippen LogP contribution in [-0.2, 0) is 0 Å². The van der Waals surface area contributed by atoms with Gasteiger partial charge in [-0.05, 0) is 43.2 Å². The summed E-state index contributed by atoms with van der Waals surface area (Å²) in [6.45, 7) is 1.72. The monoisotopic (exact) mass is 464 g/mol. The number of aromatic nitrogens is 1. The lowest BCUT2D eigenvalue weighted by molar-refractivity contribution is 0.354. The van der Waals surface area contributed by atoms with Crippen molar-refractivity contribution < 1.29 is 18.3 Å². The van der Waals surface area contributed by atoms with E-state index in [-0.39, 0.29) is 10.8 Å². The first-order valence-electron chi connectivity index (χ1n) is 10.3. The zero-order valence-electron chi connectivity index (χ0n) is 18.4. The van der Waals surface area contributed by atoms with Crippen LogP contribution in [0.1, 0.15) is 41.3 Å². The van der Waals surface area contributed by atoms with Crippen molar-refractivity contribution in [2.75, 3.05) is 14.2 Å². The molecule has 0 radical (unpaired) electrons. The van der Waals surface area contributed by atoms with Gasteiger partial charge in [-0.2, -0.15) is 0 Å². The van der Waals surface area contributed by atoms with E-state index in [0.717, 1.165) is 11.6 Å². The third kappa shape index (κ3) is 4.86. The summed E-state index contributed by atoms with van der Waals surface area (Å²) in [5.74, 6) is 5.73. The molecule has 3 aromatic rings. The van der Waals surface area contributed by atoms with Crippen LogP contribution < -0.4 is 9.47 Å². The number of benzene rings is 2. The number of methoxy groups -OCH3 is 2. The Kier molecular flexibility index (Phi) is 6.95. The minimum Gasteiger partial charge on any atom is -0.493 e. The lowest BCUT2D eigenvalue weighted by atomic mass is 9.94. The molecule has 1 aliphatic rings. The van der Waals surface area contributed by atoms with Gasteiger partial charge in [-0.25, -0.2) is 8.78 Å². The lowest BCUT2D eigenvalue weighted by Gasteiger charge is -2.25. The Morgan fingerprint density at radius 3 is 2.58 bits per heavy atom. The van der Waals surface area contributed by atoms with E-state index >= 15 is 0 Å². The molecule has 0 N–H and O–H groups in total. The molecule has 168 valence electrons. The quantitative estimate of drug-likeness (QED) is 0.412. The van der Waals surface area contributed by atoms with Gasteiger partial charge in [-0.3, -0.25) is 9.98 Å². The Bertz CT molecular complexity index is 1270. The second kappa shape index (κ2) is 10.1. The molecule has 4 rings (SSSR count). The summed E-state index contributed by atoms with van der Waals surface area (Å²) < 4.78 is 40.3. The number of pyridine rings is 1. The molecule has 2 unspecified atom stereocenters. The molecule has 2 atom stereocenters. The molecule has 0 saturated heterocycles. The predicted molar refractivity (Wildman–Crippen MR) is 128 cm³/mol. The van der Waals surface area contributed by atoms with Crippen LogP contribution in [-0.4, -0.2) is 24.8 Å². The zero-order chi connectivity index (χ0) is 23.4. The maximum Gasteiger partial charge on any atom is 0.161 e. The topological polar surface area (TPSA) is 43.7 Å². The maximum absolute atomic E-state index is 14.9. The van der Waals surface area contributed by atoms with Crippen LogP contribution in [0.4, 0.5) is 8.78 Å². The number of ether oxygens (including phenoxy) is 2. The number of hydrogen-bond donors (Lipinski definition) is 0. The van der Waals surface area contributed by atoms with Gasteiger partial charge in [0.2, 0.25) is 0 Å². The Balaban J connectivity index is 1.67. The van der Waals surface area contributed by atoms with Crippen LogP contribution in [0.5, 0.6) is 11.5 Å². The van der Waals surface area contributed by atoms with Gasteiger partial charge in [-0.15, -0.1) is 17.7 Å². The van der Waals surface area contributed by atoms with Crippen molar-refractivity contribution >= 4 is 17.3 Å². The molecule has 2 aromatic carbocycles. The smallest absolute Gasteiger partial charge is 0.161 e. The van der Waals surface area contributed by atoms with Gasteiger partial charge in [0.1, 0.15) is 11.6 Å². The van der Waals surface area contributed by atoms with Crippen molar-refractivity contribution in [2.45, 2.75) is 24.6 Å². The molecule has 33 heavy (non-hydrogen) atoms. The molecule has 0 aliphatic carbocycles.